The number of fused-ring (bicyclic) bond motifs is 1. The summed E-state index contributed by atoms with van der Waals surface area (Å²) in [7, 11) is 3.72. The van der Waals surface area contributed by atoms with Crippen LogP contribution in [0, 0.1) is 5.92 Å². The van der Waals surface area contributed by atoms with Gasteiger partial charge in [0, 0.05) is 43.3 Å². The highest BCUT2D eigenvalue weighted by molar-refractivity contribution is 5.89. The molecule has 4 atom stereocenters. The van der Waals surface area contributed by atoms with Crippen LogP contribution in [0.2, 0.25) is 0 Å². The van der Waals surface area contributed by atoms with Gasteiger partial charge in [0.25, 0.3) is 0 Å². The van der Waals surface area contributed by atoms with Gasteiger partial charge in [0.2, 0.25) is 5.91 Å². The maximum absolute atomic E-state index is 13.4. The van der Waals surface area contributed by atoms with Crippen molar-refractivity contribution in [1.29, 1.82) is 0 Å². The van der Waals surface area contributed by atoms with Gasteiger partial charge in [-0.2, -0.15) is 0 Å². The van der Waals surface area contributed by atoms with Gasteiger partial charge in [-0.1, -0.05) is 6.07 Å². The first-order valence-corrected chi connectivity index (χ1v) is 11.3. The van der Waals surface area contributed by atoms with Crippen LogP contribution >= 0.6 is 0 Å². The fourth-order valence-corrected chi connectivity index (χ4v) is 6.72. The average molecular weight is 413 g/mol. The Hall–Kier alpha value is -1.92. The van der Waals surface area contributed by atoms with Crippen molar-refractivity contribution in [2.24, 2.45) is 5.92 Å². The number of benzene rings is 1. The third-order valence-electron chi connectivity index (χ3n) is 8.42. The summed E-state index contributed by atoms with van der Waals surface area (Å²) >= 11 is 0. The summed E-state index contributed by atoms with van der Waals surface area (Å²) in [6, 6.07) is 6.06. The minimum Gasteiger partial charge on any atom is -0.497 e. The van der Waals surface area contributed by atoms with Crippen molar-refractivity contribution in [1.82, 2.24) is 9.80 Å². The van der Waals surface area contributed by atoms with E-state index in [0.29, 0.717) is 12.8 Å². The van der Waals surface area contributed by atoms with Crippen molar-refractivity contribution >= 4 is 11.7 Å². The van der Waals surface area contributed by atoms with E-state index < -0.39 is 16.9 Å². The summed E-state index contributed by atoms with van der Waals surface area (Å²) in [6.07, 6.45) is 4.51. The number of carbonyl (C=O) groups excluding carboxylic acids is 2. The van der Waals surface area contributed by atoms with E-state index in [1.807, 2.05) is 17.0 Å². The first-order chi connectivity index (χ1) is 14.4. The molecule has 2 aliphatic heterocycles. The molecule has 1 saturated carbocycles. The number of likely N-dealkylation sites (tertiary alicyclic amines) is 2. The highest BCUT2D eigenvalue weighted by atomic mass is 16.5. The van der Waals surface area contributed by atoms with E-state index in [0.717, 1.165) is 56.6 Å². The molecule has 5 rings (SSSR count). The molecule has 6 nitrogen and oxygen atoms in total. The maximum atomic E-state index is 13.4. The molecule has 0 radical (unpaired) electrons. The predicted octanol–water partition coefficient (Wildman–Crippen LogP) is 1.92. The molecule has 2 bridgehead atoms. The fourth-order valence-electron chi connectivity index (χ4n) is 6.72. The van der Waals surface area contributed by atoms with Crippen LogP contribution in [0.4, 0.5) is 0 Å². The van der Waals surface area contributed by atoms with Crippen LogP contribution in [-0.2, 0) is 21.4 Å². The molecular weight excluding hydrogens is 380 g/mol. The summed E-state index contributed by atoms with van der Waals surface area (Å²) in [5.41, 5.74) is 0.683. The summed E-state index contributed by atoms with van der Waals surface area (Å²) in [5.74, 6) is 0.576. The number of nitrogens with zero attached hydrogens (tertiary/aromatic N) is 2. The summed E-state index contributed by atoms with van der Waals surface area (Å²) in [6.45, 7) is 2.45. The predicted molar refractivity (Wildman–Crippen MR) is 113 cm³/mol. The minimum atomic E-state index is -1.01. The number of hydrogen-bond acceptors (Lipinski definition) is 5. The quantitative estimate of drug-likeness (QED) is 0.821. The summed E-state index contributed by atoms with van der Waals surface area (Å²) in [4.78, 5) is 30.3. The fraction of sp³-hybridized carbons (Fsp3) is 0.667. The molecule has 0 spiro atoms. The maximum Gasteiger partial charge on any atom is 0.223 e. The molecule has 162 valence electrons. The first kappa shape index (κ1) is 20.0. The molecule has 4 aliphatic rings. The lowest BCUT2D eigenvalue weighted by molar-refractivity contribution is -0.179. The van der Waals surface area contributed by atoms with E-state index in [-0.39, 0.29) is 24.2 Å². The number of Topliss-reactive ketones (excluding diaryl/α,β-unsaturated/α-hetero) is 1. The van der Waals surface area contributed by atoms with E-state index in [9.17, 15) is 14.7 Å². The number of likely N-dealkylation sites (N-methyl/N-ethyl adjacent to an activating group) is 1. The van der Waals surface area contributed by atoms with Gasteiger partial charge in [-0.05, 0) is 69.0 Å². The first-order valence-electron chi connectivity index (χ1n) is 11.3. The van der Waals surface area contributed by atoms with Gasteiger partial charge in [-0.25, -0.2) is 0 Å². The van der Waals surface area contributed by atoms with Crippen LogP contribution in [0.25, 0.3) is 0 Å². The van der Waals surface area contributed by atoms with Gasteiger partial charge in [0.1, 0.15) is 11.5 Å². The number of methoxy groups -OCH3 is 1. The number of amides is 1. The van der Waals surface area contributed by atoms with Gasteiger partial charge in [0.05, 0.1) is 12.7 Å². The van der Waals surface area contributed by atoms with Crippen LogP contribution in [0.5, 0.6) is 5.75 Å². The zero-order chi connectivity index (χ0) is 21.1. The molecule has 1 amide bonds. The third-order valence-corrected chi connectivity index (χ3v) is 8.42. The van der Waals surface area contributed by atoms with E-state index in [1.165, 1.54) is 5.56 Å². The summed E-state index contributed by atoms with van der Waals surface area (Å²) in [5, 5.41) is 12.2. The van der Waals surface area contributed by atoms with Gasteiger partial charge in [-0.3, -0.25) is 9.59 Å². The number of rotatable bonds is 3. The van der Waals surface area contributed by atoms with Crippen molar-refractivity contribution < 1.29 is 19.4 Å². The summed E-state index contributed by atoms with van der Waals surface area (Å²) < 4.78 is 5.48. The Bertz CT molecular complexity index is 880. The topological polar surface area (TPSA) is 70.1 Å². The van der Waals surface area contributed by atoms with Crippen molar-refractivity contribution in [3.63, 3.8) is 0 Å². The Balaban J connectivity index is 1.52. The van der Waals surface area contributed by atoms with Gasteiger partial charge in [0.15, 0.2) is 0 Å². The number of carbonyl (C=O) groups is 2. The second-order valence-corrected chi connectivity index (χ2v) is 9.82. The molecule has 2 unspecified atom stereocenters. The lowest BCUT2D eigenvalue weighted by Gasteiger charge is -2.63. The van der Waals surface area contributed by atoms with Gasteiger partial charge < -0.3 is 19.6 Å². The van der Waals surface area contributed by atoms with Gasteiger partial charge >= 0.3 is 0 Å². The molecule has 1 N–H and O–H groups in total. The zero-order valence-electron chi connectivity index (χ0n) is 18.0. The number of piperidine rings is 1. The van der Waals surface area contributed by atoms with E-state index in [1.54, 1.807) is 7.11 Å². The van der Waals surface area contributed by atoms with E-state index >= 15 is 0 Å². The average Bonchev–Trinajstić information content (AvgIpc) is 3.27. The Kier molecular flexibility index (Phi) is 4.71. The van der Waals surface area contributed by atoms with Crippen LogP contribution in [0.1, 0.15) is 49.7 Å². The Labute approximate surface area is 178 Å². The Morgan fingerprint density at radius 3 is 2.77 bits per heavy atom. The van der Waals surface area contributed by atoms with Crippen LogP contribution in [0.3, 0.4) is 0 Å². The van der Waals surface area contributed by atoms with E-state index in [4.69, 9.17) is 4.74 Å². The van der Waals surface area contributed by atoms with Crippen LogP contribution in [0.15, 0.2) is 18.2 Å². The third kappa shape index (κ3) is 2.76. The normalized spacial score (nSPS) is 35.7. The highest BCUT2D eigenvalue weighted by Gasteiger charge is 2.66. The highest BCUT2D eigenvalue weighted by Crippen LogP contribution is 2.58. The molecule has 3 fully saturated rings. The second kappa shape index (κ2) is 7.06. The molecule has 1 aromatic carbocycles. The lowest BCUT2D eigenvalue weighted by atomic mass is 9.47. The molecule has 2 saturated heterocycles. The van der Waals surface area contributed by atoms with Crippen molar-refractivity contribution in [2.45, 2.75) is 62.0 Å². The molecule has 0 aromatic heterocycles. The van der Waals surface area contributed by atoms with Crippen LogP contribution < -0.4 is 4.74 Å². The number of ketones is 1. The lowest BCUT2D eigenvalue weighted by Crippen LogP contribution is -2.73. The molecule has 6 heteroatoms. The Morgan fingerprint density at radius 1 is 1.27 bits per heavy atom. The monoisotopic (exact) mass is 412 g/mol. The minimum absolute atomic E-state index is 0.0374. The van der Waals surface area contributed by atoms with Crippen molar-refractivity contribution in [2.75, 3.05) is 33.8 Å². The van der Waals surface area contributed by atoms with Crippen molar-refractivity contribution in [3.05, 3.63) is 29.3 Å². The number of hydrogen-bond donors (Lipinski definition) is 1. The molecule has 2 heterocycles. The van der Waals surface area contributed by atoms with E-state index in [2.05, 4.69) is 18.0 Å². The van der Waals surface area contributed by atoms with Crippen LogP contribution in [-0.4, -0.2) is 72.0 Å². The number of aliphatic hydroxyl groups is 1. The molecule has 2 aliphatic carbocycles. The molecule has 1 aromatic rings. The largest absolute Gasteiger partial charge is 0.497 e. The SMILES string of the molecule is COc1ccc2c(c1)[C@]13CCN(C)C(C2)C1(O)C[C@H](CC(=O)N1CCCC1)C(=O)C3. The second-order valence-electron chi connectivity index (χ2n) is 9.82. The smallest absolute Gasteiger partial charge is 0.223 e. The number of ether oxygens (including phenoxy) is 1. The molecule has 30 heavy (non-hydrogen) atoms. The molecular formula is C24H32N2O4. The standard InChI is InChI=1S/C24H32N2O4/c1-25-10-7-23-15-20(27)17(12-22(28)26-8-3-4-9-26)14-24(23,29)21(25)11-16-5-6-18(30-2)13-19(16)23/h5-6,13,17,21,29H,3-4,7-12,14-15H2,1-2H3/t17-,21?,23+,24?/m0/s1. The van der Waals surface area contributed by atoms with Gasteiger partial charge in [-0.15, -0.1) is 0 Å². The van der Waals surface area contributed by atoms with Crippen molar-refractivity contribution in [3.8, 4) is 5.75 Å². The zero-order valence-corrected chi connectivity index (χ0v) is 18.0. The Morgan fingerprint density at radius 2 is 2.03 bits per heavy atom.